The van der Waals surface area contributed by atoms with E-state index in [-0.39, 0.29) is 31.3 Å². The maximum atomic E-state index is 15.8. The molecule has 0 radical (unpaired) electrons. The average Bonchev–Trinajstić information content (AvgIpc) is 1.51. The Morgan fingerprint density at radius 3 is 1.91 bits per heavy atom. The summed E-state index contributed by atoms with van der Waals surface area (Å²) in [6.45, 7) is 11.6. The third kappa shape index (κ3) is 18.1. The molecular formula is C62H67ClF10N8O13S2. The summed E-state index contributed by atoms with van der Waals surface area (Å²) in [6, 6.07) is 2.29. The van der Waals surface area contributed by atoms with Gasteiger partial charge in [-0.25, -0.2) is 35.4 Å². The summed E-state index contributed by atoms with van der Waals surface area (Å²) in [5.74, 6) is -13.0. The van der Waals surface area contributed by atoms with Crippen molar-refractivity contribution in [1.82, 2.24) is 34.8 Å². The lowest BCUT2D eigenvalue weighted by Crippen LogP contribution is -2.49. The number of amides is 3. The summed E-state index contributed by atoms with van der Waals surface area (Å²) in [7, 11) is -9.18. The van der Waals surface area contributed by atoms with Gasteiger partial charge < -0.3 is 24.4 Å². The largest absolute Gasteiger partial charge is 0.460 e. The first kappa shape index (κ1) is 75.3. The zero-order chi connectivity index (χ0) is 72.3. The predicted molar refractivity (Wildman–Crippen MR) is 326 cm³/mol. The minimum absolute atomic E-state index is 0.148. The number of fused-ring (bicyclic) bond motifs is 4. The second kappa shape index (κ2) is 26.7. The van der Waals surface area contributed by atoms with E-state index in [0.717, 1.165) is 42.7 Å². The van der Waals surface area contributed by atoms with Gasteiger partial charge in [-0.3, -0.25) is 33.3 Å². The fourth-order valence-corrected chi connectivity index (χ4v) is 11.7. The molecule has 0 aliphatic heterocycles. The van der Waals surface area contributed by atoms with Gasteiger partial charge in [0.1, 0.15) is 63.7 Å². The number of carbonyl (C=O) groups excluding carboxylic acids is 6. The maximum absolute atomic E-state index is 15.8. The molecular weight excluding hydrogens is 1350 g/mol. The topological polar surface area (TPSA) is 265 Å². The van der Waals surface area contributed by atoms with Crippen LogP contribution in [0.25, 0.3) is 22.0 Å². The van der Waals surface area contributed by atoms with Crippen LogP contribution in [0, 0.1) is 29.4 Å². The zero-order valence-corrected chi connectivity index (χ0v) is 56.3. The van der Waals surface area contributed by atoms with Crippen LogP contribution in [0.2, 0.25) is 5.02 Å². The number of hydrogen-bond donors (Lipinski definition) is 1. The first-order chi connectivity index (χ1) is 43.7. The van der Waals surface area contributed by atoms with Crippen LogP contribution in [0.5, 0.6) is 0 Å². The molecule has 1 fully saturated rings. The van der Waals surface area contributed by atoms with Gasteiger partial charge in [-0.15, -0.1) is 0 Å². The SMILES string of the molecule is CC(C)(C)OC(=O)CCN(C(=O)/C=C/C(=O)N(c1nn(CC(F)(F)F)c2c(-c3ccc(C#CC(C)(C)S(C)(=O)=O)nc3[C@H](Cc3cc(F)cc(F)c3)NC(=O)Cn3nc(C(F)(F)F)c4c3C(F)(F)[C@@H]3C[C@H]43)ccc(Cl)c12)S(C)(=O)=O)[C@@H](CC(=O)OC(C)(C)C)C(=O)OC(C)(C)C. The van der Waals surface area contributed by atoms with Crippen LogP contribution in [0.4, 0.5) is 49.7 Å². The third-order valence-electron chi connectivity index (χ3n) is 14.5. The van der Waals surface area contributed by atoms with Crippen LogP contribution in [0.3, 0.4) is 0 Å². The summed E-state index contributed by atoms with van der Waals surface area (Å²) in [5, 5.41) is 8.35. The molecule has 0 unspecified atom stereocenters. The molecule has 3 heterocycles. The molecule has 2 aliphatic carbocycles. The molecule has 3 aromatic heterocycles. The summed E-state index contributed by atoms with van der Waals surface area (Å²) < 4.78 is 218. The number of ether oxygens (including phenoxy) is 3. The molecule has 0 spiro atoms. The minimum Gasteiger partial charge on any atom is -0.460 e. The quantitative estimate of drug-likeness (QED) is 0.0250. The number of nitrogens with one attached hydrogen (secondary N) is 1. The predicted octanol–water partition coefficient (Wildman–Crippen LogP) is 10.1. The van der Waals surface area contributed by atoms with Gasteiger partial charge in [0.25, 0.3) is 11.8 Å². The molecule has 2 aliphatic rings. The van der Waals surface area contributed by atoms with E-state index in [1.807, 2.05) is 0 Å². The van der Waals surface area contributed by atoms with Crippen molar-refractivity contribution < 1.29 is 104 Å². The Kier molecular flexibility index (Phi) is 20.9. The summed E-state index contributed by atoms with van der Waals surface area (Å²) >= 11 is 6.79. The fourth-order valence-electron chi connectivity index (χ4n) is 10.4. The lowest BCUT2D eigenvalue weighted by Gasteiger charge is -2.32. The van der Waals surface area contributed by atoms with Gasteiger partial charge in [0, 0.05) is 53.6 Å². The Balaban J connectivity index is 1.44. The van der Waals surface area contributed by atoms with Crippen LogP contribution in [0.1, 0.15) is 141 Å². The van der Waals surface area contributed by atoms with Gasteiger partial charge in [0.05, 0.1) is 46.8 Å². The van der Waals surface area contributed by atoms with Crippen molar-refractivity contribution in [3.63, 3.8) is 0 Å². The Morgan fingerprint density at radius 1 is 0.781 bits per heavy atom. The Labute approximate surface area is 550 Å². The molecule has 7 rings (SSSR count). The highest BCUT2D eigenvalue weighted by Gasteiger charge is 2.68. The first-order valence-electron chi connectivity index (χ1n) is 29.2. The van der Waals surface area contributed by atoms with Gasteiger partial charge >= 0.3 is 30.3 Å². The Morgan fingerprint density at radius 2 is 1.35 bits per heavy atom. The third-order valence-corrected chi connectivity index (χ3v) is 17.8. The molecule has 1 N–H and O–H groups in total. The second-order valence-corrected chi connectivity index (χ2v) is 31.2. The number of hydrogen-bond acceptors (Lipinski definition) is 16. The van der Waals surface area contributed by atoms with Crippen LogP contribution in [-0.4, -0.2) is 135 Å². The molecule has 21 nitrogen and oxygen atoms in total. The van der Waals surface area contributed by atoms with Crippen molar-refractivity contribution in [2.45, 2.75) is 173 Å². The van der Waals surface area contributed by atoms with E-state index in [4.69, 9.17) is 25.8 Å². The number of carbonyl (C=O) groups is 6. The van der Waals surface area contributed by atoms with Crippen molar-refractivity contribution >= 4 is 83.8 Å². The highest BCUT2D eigenvalue weighted by molar-refractivity contribution is 7.93. The molecule has 96 heavy (non-hydrogen) atoms. The fraction of sp³-hybridized carbons (Fsp3) is 0.500. The van der Waals surface area contributed by atoms with Crippen molar-refractivity contribution in [3.8, 4) is 23.0 Å². The van der Waals surface area contributed by atoms with E-state index in [9.17, 15) is 58.8 Å². The highest BCUT2D eigenvalue weighted by atomic mass is 35.5. The van der Waals surface area contributed by atoms with Crippen molar-refractivity contribution in [3.05, 3.63) is 105 Å². The number of alkyl halides is 8. The second-order valence-electron chi connectivity index (χ2n) is 26.4. The number of aromatic nitrogens is 5. The van der Waals surface area contributed by atoms with E-state index < -0.39 is 225 Å². The van der Waals surface area contributed by atoms with Gasteiger partial charge in [-0.1, -0.05) is 23.6 Å². The van der Waals surface area contributed by atoms with E-state index in [1.165, 1.54) is 76.2 Å². The smallest absolute Gasteiger partial charge is 0.435 e. The van der Waals surface area contributed by atoms with Crippen molar-refractivity contribution in [1.29, 1.82) is 0 Å². The zero-order valence-electron chi connectivity index (χ0n) is 53.9. The summed E-state index contributed by atoms with van der Waals surface area (Å²) in [5.41, 5.74) is -10.2. The Bertz CT molecular complexity index is 4270. The minimum atomic E-state index is -5.30. The average molecular weight is 1420 g/mol. The van der Waals surface area contributed by atoms with Crippen molar-refractivity contribution in [2.24, 2.45) is 5.92 Å². The Hall–Kier alpha value is -8.12. The van der Waals surface area contributed by atoms with E-state index in [2.05, 4.69) is 32.3 Å². The standard InChI is InChI=1S/C62H67ClF10N8O13S2/c1-56(2,3)92-46(85)21-23-78(42(55(87)94-58(7,8)9)29-47(86)93-57(4,5)6)44(83)18-19-45(84)81(96(13,90)91)54-49-40(63)17-16-37(51(49)80(77-54)31-60(66,67)68)36-15-14-35(20-22-59(10,11)95(12,88)89)74-50(36)41(26-32-24-33(64)27-34(65)25-32)75-43(82)30-79-53-48(52(76-79)62(71,72)73)38-28-39(38)61(53,69)70/h14-19,24-25,27,38-39,41-42H,21,23,26,28-31H2,1-13H3,(H,75,82)/b19-18+/t38-,39+,41-,42-/m0/s1. The van der Waals surface area contributed by atoms with Crippen LogP contribution < -0.4 is 9.62 Å². The van der Waals surface area contributed by atoms with Crippen molar-refractivity contribution in [2.75, 3.05) is 23.4 Å². The van der Waals surface area contributed by atoms with Gasteiger partial charge in [-0.05, 0) is 137 Å². The number of benzene rings is 2. The lowest BCUT2D eigenvalue weighted by molar-refractivity contribution is -0.171. The van der Waals surface area contributed by atoms with Gasteiger partial charge in [-0.2, -0.15) is 49.6 Å². The highest BCUT2D eigenvalue weighted by Crippen LogP contribution is 2.68. The van der Waals surface area contributed by atoms with E-state index >= 15 is 30.7 Å². The molecule has 34 heteroatoms. The number of sulfonamides is 1. The molecule has 4 atom stereocenters. The monoisotopic (exact) mass is 1420 g/mol. The molecule has 2 aromatic carbocycles. The number of pyridine rings is 1. The maximum Gasteiger partial charge on any atom is 0.435 e. The summed E-state index contributed by atoms with van der Waals surface area (Å²) in [4.78, 5) is 89.2. The number of anilines is 1. The molecule has 5 aromatic rings. The van der Waals surface area contributed by atoms with Crippen LogP contribution in [-0.2, 0) is 94.4 Å². The number of nitrogens with zero attached hydrogens (tertiary/aromatic N) is 7. The number of halogens is 11. The normalized spacial score (nSPS) is 16.4. The summed E-state index contributed by atoms with van der Waals surface area (Å²) in [6.07, 6.45) is -11.3. The van der Waals surface area contributed by atoms with Crippen LogP contribution >= 0.6 is 11.6 Å². The molecule has 1 saturated carbocycles. The van der Waals surface area contributed by atoms with Crippen LogP contribution in [0.15, 0.2) is 54.6 Å². The molecule has 0 saturated heterocycles. The lowest BCUT2D eigenvalue weighted by atomic mass is 9.93. The van der Waals surface area contributed by atoms with E-state index in [0.29, 0.717) is 29.4 Å². The first-order valence-corrected chi connectivity index (χ1v) is 33.3. The molecule has 0 bridgehead atoms. The van der Waals surface area contributed by atoms with Gasteiger partial charge in [0.2, 0.25) is 21.8 Å². The van der Waals surface area contributed by atoms with Gasteiger partial charge in [0.15, 0.2) is 21.3 Å². The molecule has 3 amide bonds. The number of sulfone groups is 1. The number of esters is 3. The van der Waals surface area contributed by atoms with E-state index in [1.54, 1.807) is 0 Å². The molecule has 522 valence electrons. The number of rotatable bonds is 20.